The number of hydrogen-bond donors (Lipinski definition) is 1. The lowest BCUT2D eigenvalue weighted by Gasteiger charge is -2.07. The van der Waals surface area contributed by atoms with Gasteiger partial charge in [-0.05, 0) is 31.2 Å². The lowest BCUT2D eigenvalue weighted by molar-refractivity contribution is -0.385. The molecule has 1 aromatic heterocycles. The van der Waals surface area contributed by atoms with E-state index in [4.69, 9.17) is 23.2 Å². The number of hydrogen-bond acceptors (Lipinski definition) is 4. The van der Waals surface area contributed by atoms with E-state index < -0.39 is 10.8 Å². The second kappa shape index (κ2) is 6.07. The van der Waals surface area contributed by atoms with Gasteiger partial charge in [0.05, 0.1) is 4.92 Å². The van der Waals surface area contributed by atoms with E-state index in [0.29, 0.717) is 11.3 Å². The fraction of sp³-hybridized carbons (Fsp3) is 0.0769. The first-order chi connectivity index (χ1) is 9.86. The van der Waals surface area contributed by atoms with E-state index in [2.05, 4.69) is 10.3 Å². The average molecular weight is 326 g/mol. The number of pyridine rings is 1. The molecule has 1 N–H and O–H groups in total. The lowest BCUT2D eigenvalue weighted by Crippen LogP contribution is -2.12. The molecule has 0 aliphatic carbocycles. The number of anilines is 1. The molecule has 2 aromatic rings. The fourth-order valence-electron chi connectivity index (χ4n) is 1.74. The van der Waals surface area contributed by atoms with Crippen LogP contribution in [-0.2, 0) is 0 Å². The summed E-state index contributed by atoms with van der Waals surface area (Å²) >= 11 is 11.5. The van der Waals surface area contributed by atoms with E-state index in [1.807, 2.05) is 0 Å². The van der Waals surface area contributed by atoms with Crippen molar-refractivity contribution in [2.75, 3.05) is 5.32 Å². The van der Waals surface area contributed by atoms with Crippen LogP contribution in [0.2, 0.25) is 10.3 Å². The molecule has 0 fully saturated rings. The maximum atomic E-state index is 12.1. The Balaban J connectivity index is 2.23. The van der Waals surface area contributed by atoms with Crippen LogP contribution in [0.25, 0.3) is 0 Å². The van der Waals surface area contributed by atoms with Gasteiger partial charge in [0.25, 0.3) is 11.6 Å². The Labute approximate surface area is 129 Å². The number of carbonyl (C=O) groups is 1. The van der Waals surface area contributed by atoms with E-state index in [1.54, 1.807) is 6.92 Å². The minimum absolute atomic E-state index is 0.0111. The fourth-order valence-corrected chi connectivity index (χ4v) is 2.20. The van der Waals surface area contributed by atoms with Gasteiger partial charge in [-0.25, -0.2) is 4.98 Å². The zero-order chi connectivity index (χ0) is 15.6. The monoisotopic (exact) mass is 325 g/mol. The number of nitrogens with one attached hydrogen (secondary N) is 1. The Bertz CT molecular complexity index is 714. The maximum Gasteiger partial charge on any atom is 0.272 e. The van der Waals surface area contributed by atoms with Crippen LogP contribution in [0.3, 0.4) is 0 Å². The maximum absolute atomic E-state index is 12.1. The molecule has 0 saturated carbocycles. The molecule has 2 rings (SSSR count). The molecule has 0 aliphatic heterocycles. The SMILES string of the molecule is Cc1cc(NC(=O)c2cc(Cl)nc(Cl)c2)ccc1[N+](=O)[O-]. The van der Waals surface area contributed by atoms with Gasteiger partial charge in [0, 0.05) is 22.9 Å². The highest BCUT2D eigenvalue weighted by molar-refractivity contribution is 6.33. The number of nitro benzene ring substituents is 1. The third-order valence-corrected chi connectivity index (χ3v) is 3.06. The van der Waals surface area contributed by atoms with Crippen LogP contribution in [0.5, 0.6) is 0 Å². The van der Waals surface area contributed by atoms with Gasteiger partial charge >= 0.3 is 0 Å². The molecule has 0 bridgehead atoms. The third-order valence-electron chi connectivity index (χ3n) is 2.68. The summed E-state index contributed by atoms with van der Waals surface area (Å²) in [5.74, 6) is -0.436. The predicted molar refractivity (Wildman–Crippen MR) is 80.0 cm³/mol. The largest absolute Gasteiger partial charge is 0.322 e. The number of benzene rings is 1. The topological polar surface area (TPSA) is 85.1 Å². The minimum Gasteiger partial charge on any atom is -0.322 e. The van der Waals surface area contributed by atoms with Crippen LogP contribution < -0.4 is 5.32 Å². The highest BCUT2D eigenvalue weighted by Crippen LogP contribution is 2.22. The van der Waals surface area contributed by atoms with Gasteiger partial charge in [-0.3, -0.25) is 14.9 Å². The average Bonchev–Trinajstić information content (AvgIpc) is 2.37. The van der Waals surface area contributed by atoms with Crippen molar-refractivity contribution in [2.45, 2.75) is 6.92 Å². The van der Waals surface area contributed by atoms with E-state index >= 15 is 0 Å². The van der Waals surface area contributed by atoms with Crippen molar-refractivity contribution in [3.8, 4) is 0 Å². The third kappa shape index (κ3) is 3.68. The van der Waals surface area contributed by atoms with Crippen LogP contribution in [0, 0.1) is 17.0 Å². The van der Waals surface area contributed by atoms with Crippen molar-refractivity contribution in [3.05, 3.63) is 61.9 Å². The van der Waals surface area contributed by atoms with E-state index in [-0.39, 0.29) is 21.6 Å². The van der Waals surface area contributed by atoms with Crippen LogP contribution in [0.4, 0.5) is 11.4 Å². The van der Waals surface area contributed by atoms with E-state index in [9.17, 15) is 14.9 Å². The molecule has 0 spiro atoms. The highest BCUT2D eigenvalue weighted by Gasteiger charge is 2.13. The minimum atomic E-state index is -0.483. The normalized spacial score (nSPS) is 10.2. The number of rotatable bonds is 3. The molecule has 0 unspecified atom stereocenters. The van der Waals surface area contributed by atoms with Crippen molar-refractivity contribution in [1.82, 2.24) is 4.98 Å². The quantitative estimate of drug-likeness (QED) is 0.527. The van der Waals surface area contributed by atoms with E-state index in [1.165, 1.54) is 30.3 Å². The molecule has 1 heterocycles. The summed E-state index contributed by atoms with van der Waals surface area (Å²) in [6, 6.07) is 7.05. The lowest BCUT2D eigenvalue weighted by atomic mass is 10.1. The molecule has 0 radical (unpaired) electrons. The first kappa shape index (κ1) is 15.2. The van der Waals surface area contributed by atoms with Gasteiger partial charge in [0.15, 0.2) is 0 Å². The van der Waals surface area contributed by atoms with Crippen LogP contribution in [0.15, 0.2) is 30.3 Å². The summed E-state index contributed by atoms with van der Waals surface area (Å²) in [7, 11) is 0. The Morgan fingerprint density at radius 3 is 2.38 bits per heavy atom. The molecule has 6 nitrogen and oxygen atoms in total. The van der Waals surface area contributed by atoms with E-state index in [0.717, 1.165) is 0 Å². The second-order valence-corrected chi connectivity index (χ2v) is 4.99. The smallest absolute Gasteiger partial charge is 0.272 e. The Morgan fingerprint density at radius 2 is 1.86 bits per heavy atom. The number of carbonyl (C=O) groups excluding carboxylic acids is 1. The molecule has 0 aliphatic rings. The van der Waals surface area contributed by atoms with Gasteiger partial charge in [0.1, 0.15) is 10.3 Å². The molecule has 21 heavy (non-hydrogen) atoms. The summed E-state index contributed by atoms with van der Waals surface area (Å²) in [5.41, 5.74) is 1.12. The second-order valence-electron chi connectivity index (χ2n) is 4.21. The van der Waals surface area contributed by atoms with Gasteiger partial charge in [-0.1, -0.05) is 23.2 Å². The van der Waals surface area contributed by atoms with Gasteiger partial charge < -0.3 is 5.32 Å². The summed E-state index contributed by atoms with van der Waals surface area (Å²) in [6.45, 7) is 1.59. The van der Waals surface area contributed by atoms with Crippen molar-refractivity contribution in [2.24, 2.45) is 0 Å². The molecule has 8 heteroatoms. The molecule has 0 saturated heterocycles. The van der Waals surface area contributed by atoms with Crippen molar-refractivity contribution in [3.63, 3.8) is 0 Å². The van der Waals surface area contributed by atoms with Crippen molar-refractivity contribution >= 4 is 40.5 Å². The number of halogens is 2. The summed E-state index contributed by atoms with van der Waals surface area (Å²) < 4.78 is 0. The van der Waals surface area contributed by atoms with Crippen molar-refractivity contribution < 1.29 is 9.72 Å². The number of nitro groups is 1. The predicted octanol–water partition coefficient (Wildman–Crippen LogP) is 3.86. The standard InChI is InChI=1S/C13H9Cl2N3O3/c1-7-4-9(2-3-10(7)18(20)21)16-13(19)8-5-11(14)17-12(15)6-8/h2-6H,1H3,(H,16,19). The van der Waals surface area contributed by atoms with Crippen LogP contribution >= 0.6 is 23.2 Å². The molecule has 1 aromatic carbocycles. The van der Waals surface area contributed by atoms with Crippen LogP contribution in [0.1, 0.15) is 15.9 Å². The Hall–Kier alpha value is -2.18. The summed E-state index contributed by atoms with van der Waals surface area (Å²) in [4.78, 5) is 26.1. The molecular formula is C13H9Cl2N3O3. The number of nitrogens with zero attached hydrogens (tertiary/aromatic N) is 2. The van der Waals surface area contributed by atoms with Crippen molar-refractivity contribution in [1.29, 1.82) is 0 Å². The van der Waals surface area contributed by atoms with Crippen LogP contribution in [-0.4, -0.2) is 15.8 Å². The summed E-state index contributed by atoms with van der Waals surface area (Å²) in [5, 5.41) is 13.6. The first-order valence-corrected chi connectivity index (χ1v) is 6.52. The van der Waals surface area contributed by atoms with Gasteiger partial charge in [0.2, 0.25) is 0 Å². The summed E-state index contributed by atoms with van der Waals surface area (Å²) in [6.07, 6.45) is 0. The highest BCUT2D eigenvalue weighted by atomic mass is 35.5. The Morgan fingerprint density at radius 1 is 1.24 bits per heavy atom. The van der Waals surface area contributed by atoms with Gasteiger partial charge in [-0.15, -0.1) is 0 Å². The molecule has 1 amide bonds. The zero-order valence-corrected chi connectivity index (χ0v) is 12.3. The Kier molecular flexibility index (Phi) is 4.40. The zero-order valence-electron chi connectivity index (χ0n) is 10.8. The number of aromatic nitrogens is 1. The van der Waals surface area contributed by atoms with Gasteiger partial charge in [-0.2, -0.15) is 0 Å². The number of amides is 1. The molecular weight excluding hydrogens is 317 g/mol. The first-order valence-electron chi connectivity index (χ1n) is 5.76. The molecule has 0 atom stereocenters. The molecule has 108 valence electrons. The number of aryl methyl sites for hydroxylation is 1.